The zero-order chi connectivity index (χ0) is 12.7. The molecule has 2 aromatic rings. The summed E-state index contributed by atoms with van der Waals surface area (Å²) in [4.78, 5) is 12.3. The Labute approximate surface area is 106 Å². The van der Waals surface area contributed by atoms with Crippen LogP contribution in [0, 0.1) is 18.8 Å². The van der Waals surface area contributed by atoms with Crippen LogP contribution in [0.25, 0.3) is 11.0 Å². The highest BCUT2D eigenvalue weighted by atomic mass is 16.3. The summed E-state index contributed by atoms with van der Waals surface area (Å²) in [7, 11) is 0. The number of benzene rings is 1. The van der Waals surface area contributed by atoms with Gasteiger partial charge in [0, 0.05) is 11.3 Å². The van der Waals surface area contributed by atoms with Crippen molar-refractivity contribution in [2.75, 3.05) is 13.1 Å². The van der Waals surface area contributed by atoms with Gasteiger partial charge < -0.3 is 9.73 Å². The number of fused-ring (bicyclic) bond motifs is 1. The largest absolute Gasteiger partial charge is 0.453 e. The first-order valence-electron chi connectivity index (χ1n) is 6.41. The number of carbonyl (C=O) groups is 1. The fourth-order valence-corrected chi connectivity index (χ4v) is 2.43. The van der Waals surface area contributed by atoms with Gasteiger partial charge in [-0.1, -0.05) is 25.1 Å². The van der Waals surface area contributed by atoms with Crippen LogP contribution in [0.4, 0.5) is 0 Å². The van der Waals surface area contributed by atoms with Gasteiger partial charge in [-0.2, -0.15) is 0 Å². The van der Waals surface area contributed by atoms with E-state index >= 15 is 0 Å². The Morgan fingerprint density at radius 1 is 1.44 bits per heavy atom. The third-order valence-corrected chi connectivity index (χ3v) is 3.92. The maximum atomic E-state index is 12.3. The number of hydrogen-bond donors (Lipinski definition) is 1. The van der Waals surface area contributed by atoms with Crippen LogP contribution in [0.2, 0.25) is 0 Å². The second-order valence-corrected chi connectivity index (χ2v) is 5.18. The van der Waals surface area contributed by atoms with Gasteiger partial charge in [-0.25, -0.2) is 0 Å². The number of hydrogen-bond acceptors (Lipinski definition) is 3. The molecule has 0 spiro atoms. The quantitative estimate of drug-likeness (QED) is 0.843. The first-order chi connectivity index (χ1) is 8.66. The maximum absolute atomic E-state index is 12.3. The Kier molecular flexibility index (Phi) is 2.71. The fraction of sp³-hybridized carbons (Fsp3) is 0.400. The molecule has 1 aromatic heterocycles. The molecule has 0 bridgehead atoms. The maximum Gasteiger partial charge on any atom is 0.201 e. The van der Waals surface area contributed by atoms with E-state index in [2.05, 4.69) is 5.32 Å². The van der Waals surface area contributed by atoms with Crippen LogP contribution in [0.15, 0.2) is 28.7 Å². The van der Waals surface area contributed by atoms with E-state index < -0.39 is 0 Å². The molecule has 0 aliphatic carbocycles. The van der Waals surface area contributed by atoms with Gasteiger partial charge in [-0.05, 0) is 37.6 Å². The molecule has 0 amide bonds. The Morgan fingerprint density at radius 2 is 2.22 bits per heavy atom. The average molecular weight is 243 g/mol. The van der Waals surface area contributed by atoms with Crippen molar-refractivity contribution in [2.24, 2.45) is 11.8 Å². The van der Waals surface area contributed by atoms with Crippen LogP contribution in [-0.4, -0.2) is 18.9 Å². The first-order valence-corrected chi connectivity index (χ1v) is 6.41. The minimum atomic E-state index is 0.0344. The van der Waals surface area contributed by atoms with Crippen LogP contribution in [0.1, 0.15) is 23.0 Å². The van der Waals surface area contributed by atoms with Gasteiger partial charge in [-0.15, -0.1) is 0 Å². The van der Waals surface area contributed by atoms with Crippen molar-refractivity contribution in [3.8, 4) is 0 Å². The molecule has 1 N–H and O–H groups in total. The normalized spacial score (nSPS) is 17.7. The summed E-state index contributed by atoms with van der Waals surface area (Å²) >= 11 is 0. The van der Waals surface area contributed by atoms with Crippen molar-refractivity contribution in [3.63, 3.8) is 0 Å². The molecule has 0 saturated carbocycles. The summed E-state index contributed by atoms with van der Waals surface area (Å²) in [5.41, 5.74) is 1.91. The summed E-state index contributed by atoms with van der Waals surface area (Å²) in [6, 6.07) is 7.84. The van der Waals surface area contributed by atoms with Gasteiger partial charge in [0.1, 0.15) is 5.58 Å². The number of nitrogens with one attached hydrogen (secondary N) is 1. The first kappa shape index (κ1) is 11.5. The van der Waals surface area contributed by atoms with E-state index in [1.54, 1.807) is 0 Å². The fourth-order valence-electron chi connectivity index (χ4n) is 2.43. The lowest BCUT2D eigenvalue weighted by Gasteiger charge is -2.31. The highest BCUT2D eigenvalue weighted by Crippen LogP contribution is 2.27. The molecule has 3 heteroatoms. The summed E-state index contributed by atoms with van der Waals surface area (Å²) in [6.45, 7) is 5.87. The lowest BCUT2D eigenvalue weighted by molar-refractivity contribution is 0.0827. The van der Waals surface area contributed by atoms with Crippen LogP contribution < -0.4 is 5.32 Å². The molecule has 94 valence electrons. The average Bonchev–Trinajstić information content (AvgIpc) is 2.71. The molecule has 0 radical (unpaired) electrons. The van der Waals surface area contributed by atoms with Gasteiger partial charge >= 0.3 is 0 Å². The number of para-hydroxylation sites is 1. The van der Waals surface area contributed by atoms with Gasteiger partial charge in [0.2, 0.25) is 5.78 Å². The second kappa shape index (κ2) is 4.25. The van der Waals surface area contributed by atoms with Crippen LogP contribution in [0.5, 0.6) is 0 Å². The molecule has 18 heavy (non-hydrogen) atoms. The number of carbonyl (C=O) groups excluding carboxylic acids is 1. The van der Waals surface area contributed by atoms with Gasteiger partial charge in [-0.3, -0.25) is 4.79 Å². The minimum Gasteiger partial charge on any atom is -0.453 e. The highest BCUT2D eigenvalue weighted by molar-refractivity contribution is 5.99. The molecule has 3 nitrogen and oxygen atoms in total. The molecule has 3 rings (SSSR count). The molecule has 1 aromatic carbocycles. The molecule has 1 saturated heterocycles. The molecule has 1 aliphatic heterocycles. The Morgan fingerprint density at radius 3 is 2.83 bits per heavy atom. The predicted octanol–water partition coefficient (Wildman–Crippen LogP) is 2.78. The number of furan rings is 1. The lowest BCUT2D eigenvalue weighted by Crippen LogP contribution is -2.47. The van der Waals surface area contributed by atoms with Crippen molar-refractivity contribution in [1.82, 2.24) is 5.32 Å². The van der Waals surface area contributed by atoms with Crippen molar-refractivity contribution in [3.05, 3.63) is 35.6 Å². The van der Waals surface area contributed by atoms with Gasteiger partial charge in [0.25, 0.3) is 0 Å². The Balaban J connectivity index is 1.94. The number of aryl methyl sites for hydroxylation is 1. The molecule has 1 aliphatic rings. The summed E-state index contributed by atoms with van der Waals surface area (Å²) in [5, 5.41) is 4.21. The number of rotatable bonds is 3. The summed E-state index contributed by atoms with van der Waals surface area (Å²) in [6.07, 6.45) is 0. The summed E-state index contributed by atoms with van der Waals surface area (Å²) in [5.74, 6) is 1.11. The van der Waals surface area contributed by atoms with Crippen LogP contribution in [0.3, 0.4) is 0 Å². The van der Waals surface area contributed by atoms with E-state index in [0.29, 0.717) is 11.7 Å². The summed E-state index contributed by atoms with van der Waals surface area (Å²) < 4.78 is 5.73. The van der Waals surface area contributed by atoms with E-state index in [0.717, 1.165) is 29.6 Å². The number of ketones is 1. The van der Waals surface area contributed by atoms with Gasteiger partial charge in [0.05, 0.1) is 0 Å². The molecule has 2 heterocycles. The molecule has 1 atom stereocenters. The third-order valence-electron chi connectivity index (χ3n) is 3.92. The SMILES string of the molecule is Cc1cccc2cc(C(=O)C(C)C3CNC3)oc12. The molecular weight excluding hydrogens is 226 g/mol. The Bertz CT molecular complexity index is 596. The minimum absolute atomic E-state index is 0.0344. The molecular formula is C15H17NO2. The zero-order valence-corrected chi connectivity index (χ0v) is 10.7. The number of Topliss-reactive ketones (excluding diaryl/α,β-unsaturated/α-hetero) is 1. The standard InChI is InChI=1S/C15H17NO2/c1-9-4-3-5-11-6-13(18-15(9)11)14(17)10(2)12-7-16-8-12/h3-6,10,12,16H,7-8H2,1-2H3. The van der Waals surface area contributed by atoms with E-state index in [1.165, 1.54) is 0 Å². The van der Waals surface area contributed by atoms with Crippen molar-refractivity contribution >= 4 is 16.8 Å². The van der Waals surface area contributed by atoms with Crippen molar-refractivity contribution in [1.29, 1.82) is 0 Å². The van der Waals surface area contributed by atoms with Crippen molar-refractivity contribution in [2.45, 2.75) is 13.8 Å². The lowest BCUT2D eigenvalue weighted by atomic mass is 9.85. The monoisotopic (exact) mass is 243 g/mol. The second-order valence-electron chi connectivity index (χ2n) is 5.18. The zero-order valence-electron chi connectivity index (χ0n) is 10.7. The van der Waals surface area contributed by atoms with E-state index in [1.807, 2.05) is 38.1 Å². The third kappa shape index (κ3) is 1.75. The van der Waals surface area contributed by atoms with E-state index in [-0.39, 0.29) is 11.7 Å². The van der Waals surface area contributed by atoms with Crippen molar-refractivity contribution < 1.29 is 9.21 Å². The predicted molar refractivity (Wildman–Crippen MR) is 70.8 cm³/mol. The van der Waals surface area contributed by atoms with E-state index in [9.17, 15) is 4.79 Å². The smallest absolute Gasteiger partial charge is 0.201 e. The van der Waals surface area contributed by atoms with Gasteiger partial charge in [0.15, 0.2) is 5.76 Å². The molecule has 1 fully saturated rings. The molecule has 1 unspecified atom stereocenters. The van der Waals surface area contributed by atoms with E-state index in [4.69, 9.17) is 4.42 Å². The van der Waals surface area contributed by atoms with Crippen LogP contribution in [-0.2, 0) is 0 Å². The Hall–Kier alpha value is -1.61. The highest BCUT2D eigenvalue weighted by Gasteiger charge is 2.31. The van der Waals surface area contributed by atoms with Crippen LogP contribution >= 0.6 is 0 Å². The topological polar surface area (TPSA) is 42.2 Å².